The Kier molecular flexibility index (Phi) is 4.60. The Hall–Kier alpha value is -1.62. The van der Waals surface area contributed by atoms with E-state index in [4.69, 9.17) is 5.73 Å². The Bertz CT molecular complexity index is 490. The molecule has 0 spiro atoms. The van der Waals surface area contributed by atoms with Crippen molar-refractivity contribution in [1.29, 1.82) is 0 Å². The van der Waals surface area contributed by atoms with Crippen LogP contribution in [0.4, 0.5) is 10.1 Å². The molecule has 1 amide bonds. The SMILES string of the molecule is CC(=O)N1CCCN(c2ccc(F)cc2[C@H](C)N)CC1. The average molecular weight is 279 g/mol. The zero-order valence-corrected chi connectivity index (χ0v) is 12.1. The van der Waals surface area contributed by atoms with E-state index in [-0.39, 0.29) is 17.8 Å². The number of benzene rings is 1. The molecule has 1 heterocycles. The molecular formula is C15H22FN3O. The summed E-state index contributed by atoms with van der Waals surface area (Å²) >= 11 is 0. The highest BCUT2D eigenvalue weighted by Gasteiger charge is 2.19. The van der Waals surface area contributed by atoms with Gasteiger partial charge in [0.15, 0.2) is 0 Å². The first-order chi connectivity index (χ1) is 9.49. The van der Waals surface area contributed by atoms with Crippen LogP contribution in [-0.4, -0.2) is 37.0 Å². The van der Waals surface area contributed by atoms with E-state index in [1.807, 2.05) is 11.8 Å². The fourth-order valence-corrected chi connectivity index (χ4v) is 2.65. The van der Waals surface area contributed by atoms with Crippen LogP contribution < -0.4 is 10.6 Å². The standard InChI is InChI=1S/C15H22FN3O/c1-11(17)14-10-13(16)4-5-15(14)19-7-3-6-18(8-9-19)12(2)20/h4-5,10-11H,3,6-9,17H2,1-2H3/t11-/m0/s1. The number of hydrogen-bond acceptors (Lipinski definition) is 3. The lowest BCUT2D eigenvalue weighted by molar-refractivity contribution is -0.128. The van der Waals surface area contributed by atoms with Gasteiger partial charge in [0.1, 0.15) is 5.82 Å². The van der Waals surface area contributed by atoms with Crippen molar-refractivity contribution in [2.75, 3.05) is 31.1 Å². The summed E-state index contributed by atoms with van der Waals surface area (Å²) in [5.74, 6) is -0.153. The lowest BCUT2D eigenvalue weighted by Gasteiger charge is -2.27. The van der Waals surface area contributed by atoms with Gasteiger partial charge in [-0.25, -0.2) is 4.39 Å². The van der Waals surface area contributed by atoms with E-state index in [9.17, 15) is 9.18 Å². The first-order valence-corrected chi connectivity index (χ1v) is 7.04. The molecule has 1 saturated heterocycles. The van der Waals surface area contributed by atoms with Crippen LogP contribution in [0.2, 0.25) is 0 Å². The van der Waals surface area contributed by atoms with Crippen molar-refractivity contribution in [2.24, 2.45) is 5.73 Å². The van der Waals surface area contributed by atoms with Crippen LogP contribution in [0.1, 0.15) is 31.9 Å². The third kappa shape index (κ3) is 3.28. The van der Waals surface area contributed by atoms with Crippen LogP contribution in [0.3, 0.4) is 0 Å². The highest BCUT2D eigenvalue weighted by Crippen LogP contribution is 2.27. The number of nitrogens with two attached hydrogens (primary N) is 1. The maximum absolute atomic E-state index is 13.4. The minimum atomic E-state index is -0.263. The van der Waals surface area contributed by atoms with Gasteiger partial charge in [0.25, 0.3) is 0 Å². The minimum absolute atomic E-state index is 0.110. The Balaban J connectivity index is 2.21. The van der Waals surface area contributed by atoms with Gasteiger partial charge in [-0.1, -0.05) is 0 Å². The molecule has 2 N–H and O–H groups in total. The number of anilines is 1. The van der Waals surface area contributed by atoms with Gasteiger partial charge in [0, 0.05) is 44.8 Å². The maximum Gasteiger partial charge on any atom is 0.219 e. The van der Waals surface area contributed by atoms with Crippen LogP contribution >= 0.6 is 0 Å². The molecule has 0 aromatic heterocycles. The van der Waals surface area contributed by atoms with Crippen LogP contribution in [0, 0.1) is 5.82 Å². The zero-order valence-electron chi connectivity index (χ0n) is 12.1. The quantitative estimate of drug-likeness (QED) is 0.899. The van der Waals surface area contributed by atoms with E-state index in [1.54, 1.807) is 13.0 Å². The van der Waals surface area contributed by atoms with Crippen LogP contribution in [0.25, 0.3) is 0 Å². The first-order valence-electron chi connectivity index (χ1n) is 7.04. The fourth-order valence-electron chi connectivity index (χ4n) is 2.65. The Morgan fingerprint density at radius 2 is 2.05 bits per heavy atom. The lowest BCUT2D eigenvalue weighted by atomic mass is 10.1. The highest BCUT2D eigenvalue weighted by molar-refractivity contribution is 5.73. The summed E-state index contributed by atoms with van der Waals surface area (Å²) in [7, 11) is 0. The second kappa shape index (κ2) is 6.22. The van der Waals surface area contributed by atoms with E-state index in [0.29, 0.717) is 6.54 Å². The van der Waals surface area contributed by atoms with E-state index in [2.05, 4.69) is 4.90 Å². The Labute approximate surface area is 119 Å². The molecule has 0 radical (unpaired) electrons. The number of carbonyl (C=O) groups excluding carboxylic acids is 1. The molecule has 2 rings (SSSR count). The summed E-state index contributed by atoms with van der Waals surface area (Å²) in [6.45, 7) is 6.55. The number of hydrogen-bond donors (Lipinski definition) is 1. The normalized spacial score (nSPS) is 17.8. The molecule has 1 fully saturated rings. The fraction of sp³-hybridized carbons (Fsp3) is 0.533. The van der Waals surface area contributed by atoms with Gasteiger partial charge in [-0.05, 0) is 37.1 Å². The second-order valence-corrected chi connectivity index (χ2v) is 5.34. The van der Waals surface area contributed by atoms with E-state index >= 15 is 0 Å². The first kappa shape index (κ1) is 14.8. The summed E-state index contributed by atoms with van der Waals surface area (Å²) in [4.78, 5) is 15.5. The number of amides is 1. The van der Waals surface area contributed by atoms with Crippen molar-refractivity contribution in [3.63, 3.8) is 0 Å². The molecular weight excluding hydrogens is 257 g/mol. The predicted molar refractivity (Wildman–Crippen MR) is 78.1 cm³/mol. The van der Waals surface area contributed by atoms with Crippen molar-refractivity contribution in [3.8, 4) is 0 Å². The molecule has 4 nitrogen and oxygen atoms in total. The largest absolute Gasteiger partial charge is 0.369 e. The van der Waals surface area contributed by atoms with E-state index in [0.717, 1.165) is 37.3 Å². The highest BCUT2D eigenvalue weighted by atomic mass is 19.1. The number of halogens is 1. The summed E-state index contributed by atoms with van der Waals surface area (Å²) in [6.07, 6.45) is 0.912. The summed E-state index contributed by atoms with van der Waals surface area (Å²) in [5, 5.41) is 0. The van der Waals surface area contributed by atoms with Gasteiger partial charge < -0.3 is 15.5 Å². The van der Waals surface area contributed by atoms with Crippen LogP contribution in [0.15, 0.2) is 18.2 Å². The molecule has 1 atom stereocenters. The van der Waals surface area contributed by atoms with Crippen LogP contribution in [0.5, 0.6) is 0 Å². The number of rotatable bonds is 2. The number of nitrogens with zero attached hydrogens (tertiary/aromatic N) is 2. The van der Waals surface area contributed by atoms with Gasteiger partial charge >= 0.3 is 0 Å². The Morgan fingerprint density at radius 3 is 2.70 bits per heavy atom. The lowest BCUT2D eigenvalue weighted by Crippen LogP contribution is -2.34. The molecule has 5 heteroatoms. The van der Waals surface area contributed by atoms with Crippen molar-refractivity contribution >= 4 is 11.6 Å². The molecule has 1 aliphatic heterocycles. The second-order valence-electron chi connectivity index (χ2n) is 5.34. The van der Waals surface area contributed by atoms with Gasteiger partial charge in [0.2, 0.25) is 5.91 Å². The van der Waals surface area contributed by atoms with E-state index < -0.39 is 0 Å². The molecule has 1 aliphatic rings. The molecule has 0 unspecified atom stereocenters. The van der Waals surface area contributed by atoms with Gasteiger partial charge in [0.05, 0.1) is 0 Å². The molecule has 0 saturated carbocycles. The molecule has 1 aromatic carbocycles. The van der Waals surface area contributed by atoms with Gasteiger partial charge in [-0.15, -0.1) is 0 Å². The van der Waals surface area contributed by atoms with Gasteiger partial charge in [-0.2, -0.15) is 0 Å². The summed E-state index contributed by atoms with van der Waals surface area (Å²) in [5.41, 5.74) is 7.75. The average Bonchev–Trinajstić information content (AvgIpc) is 2.64. The molecule has 20 heavy (non-hydrogen) atoms. The van der Waals surface area contributed by atoms with Gasteiger partial charge in [-0.3, -0.25) is 4.79 Å². The number of carbonyl (C=O) groups is 1. The molecule has 110 valence electrons. The third-order valence-electron chi connectivity index (χ3n) is 3.76. The monoisotopic (exact) mass is 279 g/mol. The van der Waals surface area contributed by atoms with Crippen molar-refractivity contribution in [2.45, 2.75) is 26.3 Å². The van der Waals surface area contributed by atoms with Crippen LogP contribution in [-0.2, 0) is 4.79 Å². The minimum Gasteiger partial charge on any atom is -0.369 e. The molecule has 1 aromatic rings. The molecule has 0 bridgehead atoms. The van der Waals surface area contributed by atoms with Crippen molar-refractivity contribution in [3.05, 3.63) is 29.6 Å². The van der Waals surface area contributed by atoms with Crippen molar-refractivity contribution in [1.82, 2.24) is 4.90 Å². The van der Waals surface area contributed by atoms with Crippen molar-refractivity contribution < 1.29 is 9.18 Å². The topological polar surface area (TPSA) is 49.6 Å². The zero-order chi connectivity index (χ0) is 14.7. The smallest absolute Gasteiger partial charge is 0.219 e. The summed E-state index contributed by atoms with van der Waals surface area (Å²) in [6, 6.07) is 4.55. The Morgan fingerprint density at radius 1 is 1.30 bits per heavy atom. The third-order valence-corrected chi connectivity index (χ3v) is 3.76. The summed E-state index contributed by atoms with van der Waals surface area (Å²) < 4.78 is 13.4. The molecule has 0 aliphatic carbocycles. The van der Waals surface area contributed by atoms with E-state index in [1.165, 1.54) is 12.1 Å². The predicted octanol–water partition coefficient (Wildman–Crippen LogP) is 1.90. The maximum atomic E-state index is 13.4.